The quantitative estimate of drug-likeness (QED) is 0.797. The molecule has 5 nitrogen and oxygen atoms in total. The van der Waals surface area contributed by atoms with Gasteiger partial charge in [-0.05, 0) is 24.1 Å². The molecule has 0 saturated carbocycles. The van der Waals surface area contributed by atoms with Crippen LogP contribution in [0.2, 0.25) is 0 Å². The van der Waals surface area contributed by atoms with Crippen LogP contribution in [0.1, 0.15) is 13.8 Å². The highest BCUT2D eigenvalue weighted by Gasteiger charge is 2.18. The number of nitrogen functional groups attached to an aromatic ring is 1. The summed E-state index contributed by atoms with van der Waals surface area (Å²) in [5, 5.41) is 3.16. The topological polar surface area (TPSA) is 75.4 Å². The molecule has 0 bridgehead atoms. The molecule has 0 fully saturated rings. The van der Waals surface area contributed by atoms with Gasteiger partial charge < -0.3 is 11.1 Å². The van der Waals surface area contributed by atoms with E-state index in [1.807, 2.05) is 0 Å². The maximum Gasteiger partial charge on any atom is 0.242 e. The minimum Gasteiger partial charge on any atom is -0.397 e. The Labute approximate surface area is 109 Å². The highest BCUT2D eigenvalue weighted by Crippen LogP contribution is 2.24. The van der Waals surface area contributed by atoms with Gasteiger partial charge in [-0.15, -0.1) is 0 Å². The summed E-state index contributed by atoms with van der Waals surface area (Å²) >= 11 is 0. The largest absolute Gasteiger partial charge is 0.397 e. The van der Waals surface area contributed by atoms with Crippen LogP contribution in [-0.2, 0) is 10.0 Å². The van der Waals surface area contributed by atoms with E-state index >= 15 is 0 Å². The first-order valence-corrected chi connectivity index (χ1v) is 7.25. The molecule has 0 spiro atoms. The van der Waals surface area contributed by atoms with Crippen LogP contribution in [-0.4, -0.2) is 33.4 Å². The third-order valence-electron chi connectivity index (χ3n) is 2.50. The van der Waals surface area contributed by atoms with Crippen LogP contribution in [0, 0.1) is 5.92 Å². The van der Waals surface area contributed by atoms with Gasteiger partial charge in [-0.1, -0.05) is 13.8 Å². The SMILES string of the molecule is CC(C)CNc1cc(S(=O)(=O)N(C)C)ccc1N. The van der Waals surface area contributed by atoms with E-state index in [4.69, 9.17) is 5.73 Å². The Morgan fingerprint density at radius 1 is 1.33 bits per heavy atom. The van der Waals surface area contributed by atoms with Gasteiger partial charge in [0, 0.05) is 20.6 Å². The predicted octanol–water partition coefficient (Wildman–Crippen LogP) is 1.59. The summed E-state index contributed by atoms with van der Waals surface area (Å²) in [6.45, 7) is 4.89. The van der Waals surface area contributed by atoms with Crippen molar-refractivity contribution < 1.29 is 8.42 Å². The molecule has 3 N–H and O–H groups in total. The maximum atomic E-state index is 12.0. The molecule has 1 aromatic carbocycles. The van der Waals surface area contributed by atoms with Gasteiger partial charge >= 0.3 is 0 Å². The molecular weight excluding hydrogens is 250 g/mol. The van der Waals surface area contributed by atoms with Crippen molar-refractivity contribution in [3.8, 4) is 0 Å². The van der Waals surface area contributed by atoms with Crippen LogP contribution in [0.25, 0.3) is 0 Å². The molecule has 0 saturated heterocycles. The molecular formula is C12H21N3O2S. The molecule has 0 aliphatic rings. The van der Waals surface area contributed by atoms with Gasteiger partial charge in [-0.3, -0.25) is 0 Å². The van der Waals surface area contributed by atoms with Crippen LogP contribution in [0.3, 0.4) is 0 Å². The van der Waals surface area contributed by atoms with Crippen molar-refractivity contribution in [1.29, 1.82) is 0 Å². The second-order valence-corrected chi connectivity index (χ2v) is 6.96. The molecule has 102 valence electrons. The molecule has 0 atom stereocenters. The molecule has 0 aliphatic carbocycles. The van der Waals surface area contributed by atoms with Gasteiger partial charge in [0.25, 0.3) is 0 Å². The molecule has 6 heteroatoms. The van der Waals surface area contributed by atoms with E-state index < -0.39 is 10.0 Å². The average Bonchev–Trinajstić information content (AvgIpc) is 2.27. The molecule has 0 radical (unpaired) electrons. The average molecular weight is 271 g/mol. The van der Waals surface area contributed by atoms with Gasteiger partial charge in [-0.2, -0.15) is 0 Å². The smallest absolute Gasteiger partial charge is 0.242 e. The fourth-order valence-corrected chi connectivity index (χ4v) is 2.30. The first-order valence-electron chi connectivity index (χ1n) is 5.81. The predicted molar refractivity (Wildman–Crippen MR) is 75.1 cm³/mol. The summed E-state index contributed by atoms with van der Waals surface area (Å²) in [4.78, 5) is 0.243. The molecule has 0 amide bonds. The zero-order chi connectivity index (χ0) is 13.9. The van der Waals surface area contributed by atoms with Gasteiger partial charge in [0.05, 0.1) is 16.3 Å². The van der Waals surface area contributed by atoms with Gasteiger partial charge in [0.2, 0.25) is 10.0 Å². The van der Waals surface area contributed by atoms with Crippen molar-refractivity contribution in [3.05, 3.63) is 18.2 Å². The fourth-order valence-electron chi connectivity index (χ4n) is 1.37. The molecule has 1 aromatic rings. The number of nitrogens with two attached hydrogens (primary N) is 1. The fraction of sp³-hybridized carbons (Fsp3) is 0.500. The lowest BCUT2D eigenvalue weighted by molar-refractivity contribution is 0.521. The Morgan fingerprint density at radius 3 is 2.44 bits per heavy atom. The van der Waals surface area contributed by atoms with Crippen molar-refractivity contribution in [2.75, 3.05) is 31.7 Å². The number of benzene rings is 1. The molecule has 0 heterocycles. The van der Waals surface area contributed by atoms with Crippen molar-refractivity contribution in [1.82, 2.24) is 4.31 Å². The highest BCUT2D eigenvalue weighted by atomic mass is 32.2. The van der Waals surface area contributed by atoms with E-state index in [1.165, 1.54) is 24.5 Å². The number of anilines is 2. The second-order valence-electron chi connectivity index (χ2n) is 4.81. The number of hydrogen-bond donors (Lipinski definition) is 2. The number of nitrogens with zero attached hydrogens (tertiary/aromatic N) is 1. The van der Waals surface area contributed by atoms with Crippen LogP contribution in [0.15, 0.2) is 23.1 Å². The van der Waals surface area contributed by atoms with Gasteiger partial charge in [-0.25, -0.2) is 12.7 Å². The first kappa shape index (κ1) is 14.8. The van der Waals surface area contributed by atoms with Gasteiger partial charge in [0.1, 0.15) is 0 Å². The maximum absolute atomic E-state index is 12.0. The minimum atomic E-state index is -3.42. The Morgan fingerprint density at radius 2 is 1.94 bits per heavy atom. The normalized spacial score (nSPS) is 12.1. The van der Waals surface area contributed by atoms with E-state index in [9.17, 15) is 8.42 Å². The molecule has 1 rings (SSSR count). The van der Waals surface area contributed by atoms with Crippen LogP contribution in [0.4, 0.5) is 11.4 Å². The lowest BCUT2D eigenvalue weighted by Crippen LogP contribution is -2.22. The zero-order valence-electron chi connectivity index (χ0n) is 11.3. The summed E-state index contributed by atoms with van der Waals surface area (Å²) in [5.74, 6) is 0.457. The van der Waals surface area contributed by atoms with Crippen LogP contribution >= 0.6 is 0 Å². The van der Waals surface area contributed by atoms with E-state index in [1.54, 1.807) is 12.1 Å². The Bertz CT molecular complexity index is 510. The molecule has 0 aromatic heterocycles. The summed E-state index contributed by atoms with van der Waals surface area (Å²) in [5.41, 5.74) is 7.03. The van der Waals surface area contributed by atoms with Crippen molar-refractivity contribution in [3.63, 3.8) is 0 Å². The van der Waals surface area contributed by atoms with Crippen LogP contribution < -0.4 is 11.1 Å². The van der Waals surface area contributed by atoms with Crippen LogP contribution in [0.5, 0.6) is 0 Å². The lowest BCUT2D eigenvalue weighted by Gasteiger charge is -2.15. The third-order valence-corrected chi connectivity index (χ3v) is 4.32. The summed E-state index contributed by atoms with van der Waals surface area (Å²) in [6.07, 6.45) is 0. The second kappa shape index (κ2) is 5.58. The molecule has 0 unspecified atom stereocenters. The summed E-state index contributed by atoms with van der Waals surface area (Å²) in [7, 11) is -0.403. The number of sulfonamides is 1. The van der Waals surface area contributed by atoms with Crippen molar-refractivity contribution in [2.45, 2.75) is 18.7 Å². The number of hydrogen-bond acceptors (Lipinski definition) is 4. The Hall–Kier alpha value is -1.27. The summed E-state index contributed by atoms with van der Waals surface area (Å²) in [6, 6.07) is 4.71. The zero-order valence-corrected chi connectivity index (χ0v) is 12.1. The van der Waals surface area contributed by atoms with E-state index in [0.29, 0.717) is 17.3 Å². The summed E-state index contributed by atoms with van der Waals surface area (Å²) < 4.78 is 25.2. The third kappa shape index (κ3) is 3.36. The lowest BCUT2D eigenvalue weighted by atomic mass is 10.2. The Kier molecular flexibility index (Phi) is 4.59. The minimum absolute atomic E-state index is 0.243. The van der Waals surface area contributed by atoms with E-state index in [0.717, 1.165) is 6.54 Å². The highest BCUT2D eigenvalue weighted by molar-refractivity contribution is 7.89. The number of rotatable bonds is 5. The van der Waals surface area contributed by atoms with E-state index in [2.05, 4.69) is 19.2 Å². The standard InChI is InChI=1S/C12H21N3O2S/c1-9(2)8-14-12-7-10(5-6-11(12)13)18(16,17)15(3)4/h5-7,9,14H,8,13H2,1-4H3. The van der Waals surface area contributed by atoms with Gasteiger partial charge in [0.15, 0.2) is 0 Å². The first-order chi connectivity index (χ1) is 8.25. The Balaban J connectivity index is 3.08. The molecule has 18 heavy (non-hydrogen) atoms. The number of nitrogens with one attached hydrogen (secondary N) is 1. The van der Waals surface area contributed by atoms with Crippen molar-refractivity contribution >= 4 is 21.4 Å². The van der Waals surface area contributed by atoms with Crippen molar-refractivity contribution in [2.24, 2.45) is 5.92 Å². The monoisotopic (exact) mass is 271 g/mol. The van der Waals surface area contributed by atoms with E-state index in [-0.39, 0.29) is 4.90 Å². The molecule has 0 aliphatic heterocycles.